The molecule has 0 rings (SSSR count). The Morgan fingerprint density at radius 2 is 0.979 bits per heavy atom. The topological polar surface area (TPSA) is 84.9 Å². The summed E-state index contributed by atoms with van der Waals surface area (Å²) in [6.45, 7) is 6.02. The van der Waals surface area contributed by atoms with Crippen LogP contribution in [0, 0.1) is 0 Å². The Morgan fingerprint density at radius 3 is 1.38 bits per heavy atom. The monoisotopic (exact) mass is 704 g/mol. The van der Waals surface area contributed by atoms with E-state index in [-0.39, 0.29) is 18.7 Å². The Kier molecular flexibility index (Phi) is 33.3. The molecule has 0 saturated heterocycles. The zero-order valence-electron chi connectivity index (χ0n) is 32.9. The van der Waals surface area contributed by atoms with Gasteiger partial charge in [0.25, 0.3) is 0 Å². The summed E-state index contributed by atoms with van der Waals surface area (Å²) < 4.78 is 24.7. The van der Waals surface area contributed by atoms with Gasteiger partial charge in [-0.2, -0.15) is 0 Å². The van der Waals surface area contributed by atoms with Crippen LogP contribution in [0.15, 0.2) is 0 Å². The number of ether oxygens (including phenoxy) is 1. The molecule has 288 valence electrons. The van der Waals surface area contributed by atoms with Gasteiger partial charge in [0.15, 0.2) is 0 Å². The first-order valence-corrected chi connectivity index (χ1v) is 22.5. The second kappa shape index (κ2) is 33.7. The summed E-state index contributed by atoms with van der Waals surface area (Å²) in [7, 11) is 2.24. The summed E-state index contributed by atoms with van der Waals surface area (Å²) in [6.07, 6.45) is 35.7. The van der Waals surface area contributed by atoms with Crippen LogP contribution in [0.5, 0.6) is 0 Å². The molecule has 0 aromatic rings. The number of quaternary nitrogens is 1. The smallest absolute Gasteiger partial charge is 0.333 e. The standard InChI is InChI=1S/C40H83N2O5P/c1-6-8-10-12-14-16-18-20-22-24-26-28-30-32-35-46-37-39(38-47-48(44,45)36-34-42(3,4)5)41-40(43)33-31-29-27-25-23-21-19-17-15-13-11-9-7-2/h39H,6-38H2,1-5H3,(H-,41,43,44,45)/p+1/t39-/m0/s1. The van der Waals surface area contributed by atoms with Crippen molar-refractivity contribution in [3.05, 3.63) is 0 Å². The summed E-state index contributed by atoms with van der Waals surface area (Å²) in [5.41, 5.74) is 0. The average molecular weight is 704 g/mol. The third-order valence-electron chi connectivity index (χ3n) is 9.36. The van der Waals surface area contributed by atoms with E-state index in [2.05, 4.69) is 19.2 Å². The fourth-order valence-electron chi connectivity index (χ4n) is 6.06. The molecule has 0 aliphatic carbocycles. The summed E-state index contributed by atoms with van der Waals surface area (Å²) in [5.74, 6) is -0.0223. The van der Waals surface area contributed by atoms with Crippen molar-refractivity contribution < 1.29 is 28.0 Å². The van der Waals surface area contributed by atoms with Gasteiger partial charge in [-0.15, -0.1) is 0 Å². The summed E-state index contributed by atoms with van der Waals surface area (Å²) in [6, 6.07) is -0.421. The molecule has 1 amide bonds. The number of nitrogens with one attached hydrogen (secondary N) is 1. The van der Waals surface area contributed by atoms with Gasteiger partial charge in [0.05, 0.1) is 53.1 Å². The molecule has 2 atom stereocenters. The number of carbonyl (C=O) groups excluding carboxylic acids is 1. The highest BCUT2D eigenvalue weighted by atomic mass is 31.2. The SMILES string of the molecule is CCCCCCCCCCCCCCCCOC[C@@H](COP(=O)(O)CC[N+](C)(C)C)NC(=O)CCCCCCCCCCCCCCC. The minimum Gasteiger partial charge on any atom is -0.379 e. The van der Waals surface area contributed by atoms with Gasteiger partial charge in [0, 0.05) is 13.0 Å². The van der Waals surface area contributed by atoms with Crippen LogP contribution in [0.4, 0.5) is 0 Å². The maximum absolute atomic E-state index is 12.8. The molecule has 1 unspecified atom stereocenters. The van der Waals surface area contributed by atoms with E-state index in [1.807, 2.05) is 21.1 Å². The third kappa shape index (κ3) is 36.8. The zero-order chi connectivity index (χ0) is 35.6. The third-order valence-corrected chi connectivity index (χ3v) is 10.7. The lowest BCUT2D eigenvalue weighted by Crippen LogP contribution is -2.41. The van der Waals surface area contributed by atoms with Gasteiger partial charge in [-0.25, -0.2) is 0 Å². The highest BCUT2D eigenvalue weighted by Gasteiger charge is 2.25. The second-order valence-corrected chi connectivity index (χ2v) is 17.6. The molecule has 0 heterocycles. The Balaban J connectivity index is 4.18. The Hall–Kier alpha value is -0.460. The molecule has 8 heteroatoms. The molecule has 2 N–H and O–H groups in total. The number of hydrogen-bond acceptors (Lipinski definition) is 4. The van der Waals surface area contributed by atoms with Gasteiger partial charge in [0.1, 0.15) is 0 Å². The largest absolute Gasteiger partial charge is 0.379 e. The van der Waals surface area contributed by atoms with E-state index >= 15 is 0 Å². The Labute approximate surface area is 299 Å². The van der Waals surface area contributed by atoms with E-state index in [4.69, 9.17) is 9.26 Å². The van der Waals surface area contributed by atoms with E-state index in [9.17, 15) is 14.3 Å². The van der Waals surface area contributed by atoms with Crippen molar-refractivity contribution >= 4 is 13.5 Å². The molecule has 48 heavy (non-hydrogen) atoms. The van der Waals surface area contributed by atoms with Crippen molar-refractivity contribution in [1.82, 2.24) is 5.32 Å². The van der Waals surface area contributed by atoms with Gasteiger partial charge in [-0.3, -0.25) is 9.36 Å². The summed E-state index contributed by atoms with van der Waals surface area (Å²) >= 11 is 0. The quantitative estimate of drug-likeness (QED) is 0.0380. The highest BCUT2D eigenvalue weighted by molar-refractivity contribution is 7.52. The van der Waals surface area contributed by atoms with Gasteiger partial charge in [0.2, 0.25) is 5.91 Å². The van der Waals surface area contributed by atoms with Crippen molar-refractivity contribution in [3.8, 4) is 0 Å². The molecule has 7 nitrogen and oxygen atoms in total. The molecular weight excluding hydrogens is 619 g/mol. The highest BCUT2D eigenvalue weighted by Crippen LogP contribution is 2.41. The number of nitrogens with zero attached hydrogens (tertiary/aromatic N) is 1. The lowest BCUT2D eigenvalue weighted by Gasteiger charge is -2.26. The zero-order valence-corrected chi connectivity index (χ0v) is 33.8. The number of hydrogen-bond donors (Lipinski definition) is 2. The van der Waals surface area contributed by atoms with Crippen LogP contribution in [0.25, 0.3) is 0 Å². The molecule has 0 radical (unpaired) electrons. The first kappa shape index (κ1) is 47.5. The van der Waals surface area contributed by atoms with Crippen molar-refractivity contribution in [1.29, 1.82) is 0 Å². The van der Waals surface area contributed by atoms with E-state index in [1.54, 1.807) is 0 Å². The molecule has 0 aromatic carbocycles. The predicted molar refractivity (Wildman–Crippen MR) is 207 cm³/mol. The van der Waals surface area contributed by atoms with Crippen molar-refractivity contribution in [2.24, 2.45) is 0 Å². The lowest BCUT2D eigenvalue weighted by molar-refractivity contribution is -0.867. The van der Waals surface area contributed by atoms with Crippen LogP contribution in [0.1, 0.15) is 194 Å². The molecule has 0 saturated carbocycles. The summed E-state index contributed by atoms with van der Waals surface area (Å²) in [4.78, 5) is 23.1. The predicted octanol–water partition coefficient (Wildman–Crippen LogP) is 11.4. The van der Waals surface area contributed by atoms with Crippen LogP contribution in [-0.4, -0.2) is 75.0 Å². The first-order valence-electron chi connectivity index (χ1n) is 20.7. The van der Waals surface area contributed by atoms with Crippen molar-refractivity contribution in [2.75, 3.05) is 53.7 Å². The normalized spacial score (nSPS) is 13.9. The van der Waals surface area contributed by atoms with E-state index in [1.165, 1.54) is 148 Å². The van der Waals surface area contributed by atoms with E-state index < -0.39 is 13.6 Å². The van der Waals surface area contributed by atoms with Gasteiger partial charge in [-0.1, -0.05) is 174 Å². The molecule has 0 aliphatic rings. The number of unbranched alkanes of at least 4 members (excludes halogenated alkanes) is 25. The molecule has 0 bridgehead atoms. The van der Waals surface area contributed by atoms with Crippen molar-refractivity contribution in [3.63, 3.8) is 0 Å². The fourth-order valence-corrected chi connectivity index (χ4v) is 7.45. The van der Waals surface area contributed by atoms with Crippen LogP contribution in [-0.2, 0) is 18.6 Å². The fraction of sp³-hybridized carbons (Fsp3) is 0.975. The van der Waals surface area contributed by atoms with Gasteiger partial charge >= 0.3 is 7.60 Å². The maximum Gasteiger partial charge on any atom is 0.333 e. The van der Waals surface area contributed by atoms with Gasteiger partial charge in [-0.05, 0) is 12.8 Å². The van der Waals surface area contributed by atoms with Crippen LogP contribution in [0.2, 0.25) is 0 Å². The Morgan fingerprint density at radius 1 is 0.604 bits per heavy atom. The minimum atomic E-state index is -3.74. The summed E-state index contributed by atoms with van der Waals surface area (Å²) in [5, 5.41) is 3.03. The molecule has 0 aromatic heterocycles. The maximum atomic E-state index is 12.8. The second-order valence-electron chi connectivity index (χ2n) is 15.6. The number of rotatable bonds is 38. The average Bonchev–Trinajstić information content (AvgIpc) is 3.04. The molecule has 0 fully saturated rings. The lowest BCUT2D eigenvalue weighted by atomic mass is 10.0. The molecule has 0 aliphatic heterocycles. The van der Waals surface area contributed by atoms with E-state index in [0.717, 1.165) is 25.7 Å². The molecule has 0 spiro atoms. The van der Waals surface area contributed by atoms with Crippen LogP contribution < -0.4 is 5.32 Å². The minimum absolute atomic E-state index is 0.00595. The van der Waals surface area contributed by atoms with Crippen LogP contribution in [0.3, 0.4) is 0 Å². The first-order chi connectivity index (χ1) is 23.1. The number of carbonyl (C=O) groups is 1. The van der Waals surface area contributed by atoms with Crippen LogP contribution >= 0.6 is 7.60 Å². The Bertz CT molecular complexity index is 746. The van der Waals surface area contributed by atoms with Crippen molar-refractivity contribution in [2.45, 2.75) is 200 Å². The van der Waals surface area contributed by atoms with Gasteiger partial charge < -0.3 is 24.0 Å². The van der Waals surface area contributed by atoms with E-state index in [0.29, 0.717) is 30.7 Å². The number of amides is 1. The molecular formula is C40H84N2O5P+.